The first kappa shape index (κ1) is 55.8. The SMILES string of the molecule is CC(C)CCCC(C)CCCC(C)CCOC(=O)CCCCCCCC1(CCCCCCCC(=O)OCCC(C)CCCC(C)CCCC(C)C)OCC(CCCO)O1. The summed E-state index contributed by atoms with van der Waals surface area (Å²) in [7, 11) is 0. The fourth-order valence-electron chi connectivity index (χ4n) is 8.70. The summed E-state index contributed by atoms with van der Waals surface area (Å²) in [6.07, 6.45) is 32.5. The molecular weight excluding hydrogens is 737 g/mol. The fraction of sp³-hybridized carbons (Fsp3) is 0.962. The van der Waals surface area contributed by atoms with Crippen molar-refractivity contribution in [2.45, 2.75) is 260 Å². The second-order valence-electron chi connectivity index (χ2n) is 20.3. The van der Waals surface area contributed by atoms with Crippen molar-refractivity contribution >= 4 is 11.9 Å². The molecule has 1 N–H and O–H groups in total. The van der Waals surface area contributed by atoms with E-state index in [-0.39, 0.29) is 24.6 Å². The van der Waals surface area contributed by atoms with Gasteiger partial charge in [0.05, 0.1) is 25.9 Å². The van der Waals surface area contributed by atoms with E-state index in [2.05, 4.69) is 55.4 Å². The smallest absolute Gasteiger partial charge is 0.305 e. The third-order valence-corrected chi connectivity index (χ3v) is 13.0. The van der Waals surface area contributed by atoms with E-state index in [0.717, 1.165) is 126 Å². The monoisotopic (exact) mass is 837 g/mol. The highest BCUT2D eigenvalue weighted by atomic mass is 16.7. The van der Waals surface area contributed by atoms with Crippen LogP contribution in [0.1, 0.15) is 248 Å². The number of carbonyl (C=O) groups is 2. The van der Waals surface area contributed by atoms with Gasteiger partial charge in [-0.3, -0.25) is 9.59 Å². The van der Waals surface area contributed by atoms with E-state index in [0.29, 0.717) is 44.5 Å². The second-order valence-corrected chi connectivity index (χ2v) is 20.3. The first-order chi connectivity index (χ1) is 28.3. The number of carbonyl (C=O) groups excluding carboxylic acids is 2. The topological polar surface area (TPSA) is 91.3 Å². The predicted octanol–water partition coefficient (Wildman–Crippen LogP) is 14.7. The highest BCUT2D eigenvalue weighted by molar-refractivity contribution is 5.69. The Hall–Kier alpha value is -1.18. The lowest BCUT2D eigenvalue weighted by atomic mass is 9.93. The molecule has 0 spiro atoms. The van der Waals surface area contributed by atoms with Crippen LogP contribution in [0.4, 0.5) is 0 Å². The molecule has 5 unspecified atom stereocenters. The molecule has 1 fully saturated rings. The average Bonchev–Trinajstić information content (AvgIpc) is 3.58. The van der Waals surface area contributed by atoms with Crippen LogP contribution in [0.5, 0.6) is 0 Å². The standard InChI is InChI=1S/C52H100O7/c1-43(2)24-19-26-45(5)28-21-30-47(7)35-40-56-50(54)33-15-11-9-13-17-37-52(58-42-49(59-52)32-23-39-53)38-18-14-10-12-16-34-51(55)57-41-36-48(8)31-22-29-46(6)27-20-25-44(3)4/h43-49,53H,9-42H2,1-8H3. The molecule has 350 valence electrons. The van der Waals surface area contributed by atoms with Crippen LogP contribution >= 0.6 is 0 Å². The molecule has 0 aromatic heterocycles. The van der Waals surface area contributed by atoms with E-state index in [1.807, 2.05) is 0 Å². The molecule has 0 amide bonds. The number of aliphatic hydroxyl groups excluding tert-OH is 1. The van der Waals surface area contributed by atoms with Crippen LogP contribution in [0.15, 0.2) is 0 Å². The van der Waals surface area contributed by atoms with Crippen molar-refractivity contribution in [3.63, 3.8) is 0 Å². The Morgan fingerprint density at radius 1 is 0.508 bits per heavy atom. The van der Waals surface area contributed by atoms with E-state index < -0.39 is 5.79 Å². The molecule has 59 heavy (non-hydrogen) atoms. The minimum atomic E-state index is -0.514. The Kier molecular flexibility index (Phi) is 34.4. The van der Waals surface area contributed by atoms with Crippen molar-refractivity contribution in [2.24, 2.45) is 35.5 Å². The molecule has 5 atom stereocenters. The van der Waals surface area contributed by atoms with Crippen LogP contribution in [0.3, 0.4) is 0 Å². The van der Waals surface area contributed by atoms with Gasteiger partial charge in [-0.15, -0.1) is 0 Å². The Balaban J connectivity index is 2.15. The number of unbranched alkanes of at least 4 members (excludes halogenated alkanes) is 8. The van der Waals surface area contributed by atoms with Gasteiger partial charge in [0.15, 0.2) is 5.79 Å². The van der Waals surface area contributed by atoms with E-state index in [9.17, 15) is 14.7 Å². The summed E-state index contributed by atoms with van der Waals surface area (Å²) in [5.41, 5.74) is 0. The van der Waals surface area contributed by atoms with Crippen LogP contribution in [0.25, 0.3) is 0 Å². The molecule has 7 nitrogen and oxygen atoms in total. The summed E-state index contributed by atoms with van der Waals surface area (Å²) in [5.74, 6) is 3.86. The number of esters is 2. The minimum Gasteiger partial charge on any atom is -0.466 e. The van der Waals surface area contributed by atoms with Crippen molar-refractivity contribution in [3.05, 3.63) is 0 Å². The normalized spacial score (nSPS) is 19.0. The zero-order valence-corrected chi connectivity index (χ0v) is 40.5. The van der Waals surface area contributed by atoms with Gasteiger partial charge < -0.3 is 24.1 Å². The van der Waals surface area contributed by atoms with Gasteiger partial charge in [0, 0.05) is 32.3 Å². The molecule has 0 radical (unpaired) electrons. The molecule has 0 aliphatic carbocycles. The Morgan fingerprint density at radius 3 is 1.29 bits per heavy atom. The van der Waals surface area contributed by atoms with Crippen molar-refractivity contribution in [1.29, 1.82) is 0 Å². The van der Waals surface area contributed by atoms with Crippen molar-refractivity contribution in [2.75, 3.05) is 26.4 Å². The summed E-state index contributed by atoms with van der Waals surface area (Å²) in [6.45, 7) is 20.5. The van der Waals surface area contributed by atoms with Crippen LogP contribution in [-0.2, 0) is 28.5 Å². The van der Waals surface area contributed by atoms with E-state index in [1.165, 1.54) is 77.0 Å². The number of ether oxygens (including phenoxy) is 4. The van der Waals surface area contributed by atoms with Gasteiger partial charge in [0.1, 0.15) is 0 Å². The molecule has 1 saturated heterocycles. The molecule has 1 aliphatic heterocycles. The first-order valence-electron chi connectivity index (χ1n) is 25.6. The summed E-state index contributed by atoms with van der Waals surface area (Å²) in [5, 5.41) is 9.34. The summed E-state index contributed by atoms with van der Waals surface area (Å²) in [4.78, 5) is 24.7. The van der Waals surface area contributed by atoms with Crippen LogP contribution in [-0.4, -0.2) is 55.4 Å². The van der Waals surface area contributed by atoms with Crippen molar-refractivity contribution in [3.8, 4) is 0 Å². The van der Waals surface area contributed by atoms with Gasteiger partial charge in [-0.25, -0.2) is 0 Å². The van der Waals surface area contributed by atoms with Gasteiger partial charge in [-0.2, -0.15) is 0 Å². The quantitative estimate of drug-likeness (QED) is 0.0484. The maximum absolute atomic E-state index is 12.3. The molecule has 0 aromatic carbocycles. The highest BCUT2D eigenvalue weighted by Gasteiger charge is 2.40. The fourth-order valence-corrected chi connectivity index (χ4v) is 8.70. The Morgan fingerprint density at radius 2 is 0.881 bits per heavy atom. The highest BCUT2D eigenvalue weighted by Crippen LogP contribution is 2.36. The summed E-state index contributed by atoms with van der Waals surface area (Å²) in [6, 6.07) is 0. The summed E-state index contributed by atoms with van der Waals surface area (Å²) < 4.78 is 24.0. The zero-order valence-electron chi connectivity index (χ0n) is 40.5. The molecule has 0 bridgehead atoms. The number of aliphatic hydroxyl groups is 1. The van der Waals surface area contributed by atoms with Gasteiger partial charge in [0.25, 0.3) is 0 Å². The lowest BCUT2D eigenvalue weighted by molar-refractivity contribution is -0.180. The molecule has 1 rings (SSSR count). The predicted molar refractivity (Wildman–Crippen MR) is 247 cm³/mol. The maximum Gasteiger partial charge on any atom is 0.305 e. The van der Waals surface area contributed by atoms with Crippen molar-refractivity contribution in [1.82, 2.24) is 0 Å². The van der Waals surface area contributed by atoms with Gasteiger partial charge >= 0.3 is 11.9 Å². The molecule has 0 aromatic rings. The van der Waals surface area contributed by atoms with E-state index >= 15 is 0 Å². The van der Waals surface area contributed by atoms with Gasteiger partial charge in [-0.05, 0) is 86.9 Å². The largest absolute Gasteiger partial charge is 0.466 e. The average molecular weight is 837 g/mol. The van der Waals surface area contributed by atoms with E-state index in [1.54, 1.807) is 0 Å². The molecule has 1 heterocycles. The maximum atomic E-state index is 12.3. The van der Waals surface area contributed by atoms with Gasteiger partial charge in [0.2, 0.25) is 0 Å². The second kappa shape index (κ2) is 36.3. The van der Waals surface area contributed by atoms with Crippen LogP contribution in [0.2, 0.25) is 0 Å². The summed E-state index contributed by atoms with van der Waals surface area (Å²) >= 11 is 0. The minimum absolute atomic E-state index is 0.0460. The van der Waals surface area contributed by atoms with Crippen molar-refractivity contribution < 1.29 is 33.6 Å². The zero-order chi connectivity index (χ0) is 43.6. The third-order valence-electron chi connectivity index (χ3n) is 13.0. The third kappa shape index (κ3) is 33.1. The van der Waals surface area contributed by atoms with Gasteiger partial charge in [-0.1, -0.05) is 171 Å². The van der Waals surface area contributed by atoms with E-state index in [4.69, 9.17) is 18.9 Å². The van der Waals surface area contributed by atoms with Crippen LogP contribution in [0, 0.1) is 35.5 Å². The Labute approximate surface area is 366 Å². The molecular formula is C52H100O7. The molecule has 1 aliphatic rings. The van der Waals surface area contributed by atoms with Crippen LogP contribution < -0.4 is 0 Å². The Bertz CT molecular complexity index is 918. The number of hydrogen-bond donors (Lipinski definition) is 1. The lowest BCUT2D eigenvalue weighted by Gasteiger charge is -2.28. The first-order valence-corrected chi connectivity index (χ1v) is 25.6. The number of hydrogen-bond acceptors (Lipinski definition) is 7. The molecule has 7 heteroatoms. The number of rotatable bonds is 41. The molecule has 0 saturated carbocycles. The lowest BCUT2D eigenvalue weighted by Crippen LogP contribution is -2.31.